The van der Waals surface area contributed by atoms with Gasteiger partial charge in [-0.2, -0.15) is 0 Å². The van der Waals surface area contributed by atoms with Gasteiger partial charge in [0.15, 0.2) is 23.3 Å². The standard InChI is InChI=1S/C7ClF5O.C7H3ClF2O/c8-7(14)1-2(9)4(11)6(13)5(12)3(1)10;8-7(11)5-2-1-4(9)3-6(5)10/h;1-3H. The van der Waals surface area contributed by atoms with E-state index in [0.717, 1.165) is 12.1 Å². The molecule has 11 heteroatoms. The zero-order valence-electron chi connectivity index (χ0n) is 11.5. The fraction of sp³-hybridized carbons (Fsp3) is 0. The Kier molecular flexibility index (Phi) is 6.95. The lowest BCUT2D eigenvalue weighted by Gasteiger charge is -2.03. The lowest BCUT2D eigenvalue weighted by molar-refractivity contribution is 0.106. The summed E-state index contributed by atoms with van der Waals surface area (Å²) in [5, 5.41) is -2.68. The van der Waals surface area contributed by atoms with Gasteiger partial charge in [-0.1, -0.05) is 0 Å². The fourth-order valence-corrected chi connectivity index (χ4v) is 1.75. The van der Waals surface area contributed by atoms with Crippen LogP contribution in [0, 0.1) is 40.7 Å². The molecule has 0 bridgehead atoms. The summed E-state index contributed by atoms with van der Waals surface area (Å²) >= 11 is 9.59. The van der Waals surface area contributed by atoms with Crippen molar-refractivity contribution in [1.29, 1.82) is 0 Å². The van der Waals surface area contributed by atoms with Crippen LogP contribution in [0.25, 0.3) is 0 Å². The lowest BCUT2D eigenvalue weighted by atomic mass is 10.2. The molecule has 0 radical (unpaired) electrons. The molecule has 0 unspecified atom stereocenters. The van der Waals surface area contributed by atoms with E-state index in [4.69, 9.17) is 11.6 Å². The molecule has 0 amide bonds. The topological polar surface area (TPSA) is 34.1 Å². The molecule has 0 saturated carbocycles. The molecule has 0 atom stereocenters. The number of benzene rings is 2. The van der Waals surface area contributed by atoms with Gasteiger partial charge in [0.25, 0.3) is 10.5 Å². The van der Waals surface area contributed by atoms with Crippen LogP contribution >= 0.6 is 23.2 Å². The van der Waals surface area contributed by atoms with E-state index >= 15 is 0 Å². The third-order valence-corrected chi connectivity index (χ3v) is 2.94. The van der Waals surface area contributed by atoms with Crippen LogP contribution in [0.1, 0.15) is 20.7 Å². The van der Waals surface area contributed by atoms with Gasteiger partial charge in [0.2, 0.25) is 5.82 Å². The average molecular weight is 407 g/mol. The molecule has 0 spiro atoms. The van der Waals surface area contributed by atoms with E-state index in [2.05, 4.69) is 11.6 Å². The molecule has 2 aromatic carbocycles. The predicted octanol–water partition coefficient (Wildman–Crippen LogP) is 5.10. The summed E-state index contributed by atoms with van der Waals surface area (Å²) in [6, 6.07) is 2.58. The molecule has 134 valence electrons. The van der Waals surface area contributed by atoms with Crippen molar-refractivity contribution in [2.24, 2.45) is 0 Å². The maximum atomic E-state index is 12.6. The Bertz CT molecular complexity index is 827. The van der Waals surface area contributed by atoms with E-state index in [-0.39, 0.29) is 5.56 Å². The normalized spacial score (nSPS) is 10.1. The van der Waals surface area contributed by atoms with Gasteiger partial charge in [-0.3, -0.25) is 9.59 Å². The smallest absolute Gasteiger partial charge is 0.258 e. The zero-order valence-corrected chi connectivity index (χ0v) is 13.0. The third-order valence-electron chi connectivity index (χ3n) is 2.55. The highest BCUT2D eigenvalue weighted by Gasteiger charge is 2.28. The van der Waals surface area contributed by atoms with E-state index in [9.17, 15) is 40.3 Å². The first-order valence-corrected chi connectivity index (χ1v) is 6.60. The Balaban J connectivity index is 0.000000257. The van der Waals surface area contributed by atoms with Crippen LogP contribution in [-0.2, 0) is 0 Å². The molecule has 2 nitrogen and oxygen atoms in total. The second kappa shape index (κ2) is 8.30. The molecule has 2 aromatic rings. The van der Waals surface area contributed by atoms with Gasteiger partial charge >= 0.3 is 0 Å². The van der Waals surface area contributed by atoms with Gasteiger partial charge in [-0.05, 0) is 35.3 Å². The van der Waals surface area contributed by atoms with Crippen molar-refractivity contribution < 1.29 is 40.3 Å². The Morgan fingerprint density at radius 1 is 0.680 bits per heavy atom. The number of rotatable bonds is 2. The van der Waals surface area contributed by atoms with Crippen molar-refractivity contribution in [3.63, 3.8) is 0 Å². The molecule has 25 heavy (non-hydrogen) atoms. The van der Waals surface area contributed by atoms with E-state index in [1.807, 2.05) is 0 Å². The molecule has 0 aliphatic rings. The van der Waals surface area contributed by atoms with E-state index in [1.54, 1.807) is 0 Å². The molecule has 0 saturated heterocycles. The fourth-order valence-electron chi connectivity index (χ4n) is 1.43. The lowest BCUT2D eigenvalue weighted by Crippen LogP contribution is -2.09. The quantitative estimate of drug-likeness (QED) is 0.300. The Labute approximate surface area is 144 Å². The Morgan fingerprint density at radius 3 is 1.48 bits per heavy atom. The molecule has 0 N–H and O–H groups in total. The van der Waals surface area contributed by atoms with Crippen molar-refractivity contribution in [1.82, 2.24) is 0 Å². The summed E-state index contributed by atoms with van der Waals surface area (Å²) < 4.78 is 87.2. The van der Waals surface area contributed by atoms with Crippen molar-refractivity contribution >= 4 is 33.7 Å². The average Bonchev–Trinajstić information content (AvgIpc) is 2.51. The van der Waals surface area contributed by atoms with Crippen molar-refractivity contribution in [3.8, 4) is 0 Å². The second-order valence-corrected chi connectivity index (χ2v) is 4.80. The zero-order chi connectivity index (χ0) is 19.5. The Hall–Kier alpha value is -2.13. The van der Waals surface area contributed by atoms with Gasteiger partial charge in [-0.15, -0.1) is 0 Å². The summed E-state index contributed by atoms with van der Waals surface area (Å²) in [6.07, 6.45) is 0. The minimum Gasteiger partial charge on any atom is -0.275 e. The highest BCUT2D eigenvalue weighted by molar-refractivity contribution is 6.68. The monoisotopic (exact) mass is 406 g/mol. The maximum absolute atomic E-state index is 12.6. The van der Waals surface area contributed by atoms with E-state index in [1.165, 1.54) is 0 Å². The molecule has 0 aliphatic heterocycles. The molecule has 0 aliphatic carbocycles. The predicted molar refractivity (Wildman–Crippen MR) is 73.0 cm³/mol. The first kappa shape index (κ1) is 20.9. The van der Waals surface area contributed by atoms with E-state index < -0.39 is 56.8 Å². The molecule has 0 aromatic heterocycles. The largest absolute Gasteiger partial charge is 0.275 e. The second-order valence-electron chi connectivity index (χ2n) is 4.12. The third kappa shape index (κ3) is 4.70. The summed E-state index contributed by atoms with van der Waals surface area (Å²) in [6.45, 7) is 0. The molecule has 0 heterocycles. The highest BCUT2D eigenvalue weighted by atomic mass is 35.5. The molecule has 0 fully saturated rings. The first-order chi connectivity index (χ1) is 11.5. The molecular formula is C14H3Cl2F7O2. The molecule has 2 rings (SSSR count). The number of halogens is 9. The van der Waals surface area contributed by atoms with Gasteiger partial charge in [-0.25, -0.2) is 30.7 Å². The van der Waals surface area contributed by atoms with Crippen molar-refractivity contribution in [2.45, 2.75) is 0 Å². The number of hydrogen-bond donors (Lipinski definition) is 0. The number of carbonyl (C=O) groups is 2. The summed E-state index contributed by atoms with van der Waals surface area (Å²) in [7, 11) is 0. The summed E-state index contributed by atoms with van der Waals surface area (Å²) in [5.74, 6) is -12.9. The van der Waals surface area contributed by atoms with Crippen LogP contribution < -0.4 is 0 Å². The van der Waals surface area contributed by atoms with Gasteiger partial charge < -0.3 is 0 Å². The van der Waals surface area contributed by atoms with E-state index in [0.29, 0.717) is 6.07 Å². The Morgan fingerprint density at radius 2 is 1.12 bits per heavy atom. The number of hydrogen-bond acceptors (Lipinski definition) is 2. The molecular weight excluding hydrogens is 404 g/mol. The van der Waals surface area contributed by atoms with Gasteiger partial charge in [0.1, 0.15) is 17.2 Å². The van der Waals surface area contributed by atoms with Crippen LogP contribution in [0.4, 0.5) is 30.7 Å². The van der Waals surface area contributed by atoms with Crippen LogP contribution in [0.5, 0.6) is 0 Å². The van der Waals surface area contributed by atoms with Crippen molar-refractivity contribution in [2.75, 3.05) is 0 Å². The van der Waals surface area contributed by atoms with Crippen LogP contribution in [-0.4, -0.2) is 10.5 Å². The summed E-state index contributed by atoms with van der Waals surface area (Å²) in [5.41, 5.74) is -1.96. The first-order valence-electron chi connectivity index (χ1n) is 5.85. The summed E-state index contributed by atoms with van der Waals surface area (Å²) in [4.78, 5) is 20.7. The van der Waals surface area contributed by atoms with Gasteiger partial charge in [0.05, 0.1) is 5.56 Å². The van der Waals surface area contributed by atoms with Crippen LogP contribution in [0.15, 0.2) is 18.2 Å². The minimum absolute atomic E-state index is 0.312. The maximum Gasteiger partial charge on any atom is 0.258 e. The van der Waals surface area contributed by atoms with Crippen LogP contribution in [0.2, 0.25) is 0 Å². The minimum atomic E-state index is -2.33. The highest BCUT2D eigenvalue weighted by Crippen LogP contribution is 2.23. The van der Waals surface area contributed by atoms with Gasteiger partial charge in [0, 0.05) is 6.07 Å². The van der Waals surface area contributed by atoms with Crippen molar-refractivity contribution in [3.05, 3.63) is 70.0 Å². The van der Waals surface area contributed by atoms with Crippen LogP contribution in [0.3, 0.4) is 0 Å². The SMILES string of the molecule is O=C(Cl)c1c(F)c(F)c(F)c(F)c1F.O=C(Cl)c1ccc(F)cc1F. The number of carbonyl (C=O) groups excluding carboxylic acids is 2.